The summed E-state index contributed by atoms with van der Waals surface area (Å²) in [5, 5.41) is 75.3. The molecule has 8 aliphatic carbocycles. The van der Waals surface area contributed by atoms with Gasteiger partial charge in [0.25, 0.3) is 0 Å². The summed E-state index contributed by atoms with van der Waals surface area (Å²) in [4.78, 5) is 23.4. The third-order valence-electron chi connectivity index (χ3n) is 21.1. The zero-order chi connectivity index (χ0) is 45.5. The van der Waals surface area contributed by atoms with E-state index >= 15 is 0 Å². The quantitative estimate of drug-likeness (QED) is 0.118. The van der Waals surface area contributed by atoms with E-state index in [1.54, 1.807) is 0 Å². The van der Waals surface area contributed by atoms with E-state index in [9.17, 15) is 40.2 Å². The number of carbonyl (C=O) groups excluding carboxylic acids is 1. The minimum Gasteiger partial charge on any atom is -0.481 e. The lowest BCUT2D eigenvalue weighted by molar-refractivity contribution is -0.207. The molecule has 8 saturated carbocycles. The van der Waals surface area contributed by atoms with Gasteiger partial charge in [0.2, 0.25) is 0 Å². The van der Waals surface area contributed by atoms with E-state index in [0.29, 0.717) is 66.1 Å². The van der Waals surface area contributed by atoms with E-state index in [1.165, 1.54) is 0 Å². The Hall–Kier alpha value is -1.30. The maximum atomic E-state index is 12.3. The van der Waals surface area contributed by atoms with Crippen LogP contribution in [0.1, 0.15) is 178 Å². The molecule has 0 aromatic heterocycles. The molecule has 10 heteroatoms. The van der Waals surface area contributed by atoms with Crippen LogP contribution >= 0.6 is 0 Å². The standard InChI is InChI=1S/C28H48O5.C24H40O5/c1-16(7-10-24(32)33-26(2,3)4)19-8-9-20-25-21(15-23(31)28(19,20)6)27(5)12-11-18(29)13-17(27)14-22(25)30;1-13(4-7-21(28)29)16-5-6-17-22-18(12-20(27)24(16,17)3)23(2)9-8-15(25)10-14(23)11-19(22)26/h16-23,25,29-31H,7-15H2,1-6H3;13-20,22,25-27H,4-12H2,1-3H3,(H,28,29)/t16-,17+,18-,19-,20?,21+,22-,23+,25+,27+,28-;13-,14+,15-,16-,17?,18+,19-,20+,22+,23+,24-/m11/s1. The van der Waals surface area contributed by atoms with E-state index in [2.05, 4.69) is 41.5 Å². The molecule has 8 aliphatic rings. The fourth-order valence-corrected chi connectivity index (χ4v) is 17.8. The topological polar surface area (TPSA) is 185 Å². The van der Waals surface area contributed by atoms with E-state index in [-0.39, 0.29) is 82.3 Å². The van der Waals surface area contributed by atoms with Gasteiger partial charge in [0.05, 0.1) is 36.6 Å². The van der Waals surface area contributed by atoms with Crippen LogP contribution in [-0.4, -0.2) is 89.9 Å². The van der Waals surface area contributed by atoms with Crippen LogP contribution in [0.15, 0.2) is 0 Å². The van der Waals surface area contributed by atoms with Gasteiger partial charge in [-0.05, 0) is 216 Å². The van der Waals surface area contributed by atoms with Gasteiger partial charge in [-0.15, -0.1) is 0 Å². The number of aliphatic hydroxyl groups is 6. The first-order chi connectivity index (χ1) is 28.9. The summed E-state index contributed by atoms with van der Waals surface area (Å²) in [6.45, 7) is 19.3. The fraction of sp³-hybridized carbons (Fsp3) is 0.962. The minimum absolute atomic E-state index is 0.0957. The lowest BCUT2D eigenvalue weighted by atomic mass is 9.43. The summed E-state index contributed by atoms with van der Waals surface area (Å²) in [7, 11) is 0. The van der Waals surface area contributed by atoms with Crippen molar-refractivity contribution >= 4 is 11.9 Å². The number of fused-ring (bicyclic) bond motifs is 10. The second-order valence-electron chi connectivity index (χ2n) is 25.1. The van der Waals surface area contributed by atoms with Crippen molar-refractivity contribution in [1.82, 2.24) is 0 Å². The molecule has 0 aromatic rings. The summed E-state index contributed by atoms with van der Waals surface area (Å²) in [6.07, 6.45) is 12.5. The van der Waals surface area contributed by atoms with Crippen LogP contribution in [-0.2, 0) is 14.3 Å². The summed E-state index contributed by atoms with van der Waals surface area (Å²) in [5.74, 6) is 2.76. The van der Waals surface area contributed by atoms with Gasteiger partial charge in [-0.2, -0.15) is 0 Å². The number of esters is 1. The lowest BCUT2D eigenvalue weighted by Gasteiger charge is -2.63. The number of carboxylic acid groups (broad SMARTS) is 1. The van der Waals surface area contributed by atoms with E-state index in [0.717, 1.165) is 96.3 Å². The number of carboxylic acids is 1. The van der Waals surface area contributed by atoms with Crippen LogP contribution < -0.4 is 0 Å². The van der Waals surface area contributed by atoms with Crippen molar-refractivity contribution in [2.75, 3.05) is 0 Å². The van der Waals surface area contributed by atoms with Gasteiger partial charge in [-0.3, -0.25) is 9.59 Å². The summed E-state index contributed by atoms with van der Waals surface area (Å²) in [5.41, 5.74) is -0.714. The van der Waals surface area contributed by atoms with E-state index < -0.39 is 17.7 Å². The minimum atomic E-state index is -0.748. The zero-order valence-electron chi connectivity index (χ0n) is 40.0. The van der Waals surface area contributed by atoms with E-state index in [1.807, 2.05) is 20.8 Å². The Morgan fingerprint density at radius 3 is 1.37 bits per heavy atom. The maximum Gasteiger partial charge on any atom is 0.306 e. The molecule has 0 heterocycles. The van der Waals surface area contributed by atoms with Crippen LogP contribution in [0.2, 0.25) is 0 Å². The molecule has 8 rings (SSSR count). The first-order valence-electron chi connectivity index (χ1n) is 25.4. The molecule has 22 atom stereocenters. The predicted octanol–water partition coefficient (Wildman–Crippen LogP) is 8.15. The number of aliphatic hydroxyl groups excluding tert-OH is 6. The molecule has 8 fully saturated rings. The smallest absolute Gasteiger partial charge is 0.306 e. The highest BCUT2D eigenvalue weighted by atomic mass is 16.6. The Morgan fingerprint density at radius 2 is 0.984 bits per heavy atom. The average Bonchev–Trinajstić information content (AvgIpc) is 3.73. The monoisotopic (exact) mass is 873 g/mol. The van der Waals surface area contributed by atoms with Crippen molar-refractivity contribution in [3.8, 4) is 0 Å². The molecular formula is C52H88O10. The maximum absolute atomic E-state index is 12.3. The van der Waals surface area contributed by atoms with Gasteiger partial charge in [0, 0.05) is 12.8 Å². The first-order valence-corrected chi connectivity index (χ1v) is 25.4. The Bertz CT molecular complexity index is 1600. The number of carbonyl (C=O) groups is 2. The van der Waals surface area contributed by atoms with Crippen molar-refractivity contribution in [2.24, 2.45) is 92.7 Å². The normalized spacial score (nSPS) is 50.5. The number of aliphatic carboxylic acids is 1. The van der Waals surface area contributed by atoms with Crippen LogP contribution in [0.3, 0.4) is 0 Å². The van der Waals surface area contributed by atoms with Crippen molar-refractivity contribution in [2.45, 2.75) is 220 Å². The highest BCUT2D eigenvalue weighted by molar-refractivity contribution is 5.69. The Kier molecular flexibility index (Phi) is 13.9. The van der Waals surface area contributed by atoms with Crippen LogP contribution in [0.25, 0.3) is 0 Å². The van der Waals surface area contributed by atoms with Crippen molar-refractivity contribution < 1.29 is 50.1 Å². The van der Waals surface area contributed by atoms with Crippen LogP contribution in [0, 0.1) is 92.7 Å². The van der Waals surface area contributed by atoms with Crippen LogP contribution in [0.5, 0.6) is 0 Å². The summed E-state index contributed by atoms with van der Waals surface area (Å²) in [6, 6.07) is 0. The molecule has 0 amide bonds. The molecule has 10 nitrogen and oxygen atoms in total. The zero-order valence-corrected chi connectivity index (χ0v) is 40.0. The van der Waals surface area contributed by atoms with Crippen molar-refractivity contribution in [3.63, 3.8) is 0 Å². The number of hydrogen-bond acceptors (Lipinski definition) is 9. The molecule has 62 heavy (non-hydrogen) atoms. The average molecular weight is 873 g/mol. The molecule has 0 aromatic carbocycles. The molecule has 0 saturated heterocycles. The number of hydrogen-bond donors (Lipinski definition) is 7. The second kappa shape index (κ2) is 17.7. The highest BCUT2D eigenvalue weighted by Crippen LogP contribution is 2.70. The Morgan fingerprint density at radius 1 is 0.581 bits per heavy atom. The lowest BCUT2D eigenvalue weighted by Crippen LogP contribution is -2.62. The number of rotatable bonds is 8. The largest absolute Gasteiger partial charge is 0.481 e. The fourth-order valence-electron chi connectivity index (χ4n) is 17.8. The van der Waals surface area contributed by atoms with Gasteiger partial charge in [-0.25, -0.2) is 0 Å². The molecule has 7 N–H and O–H groups in total. The molecule has 0 radical (unpaired) electrons. The Labute approximate surface area is 373 Å². The van der Waals surface area contributed by atoms with Gasteiger partial charge >= 0.3 is 11.9 Å². The van der Waals surface area contributed by atoms with Gasteiger partial charge < -0.3 is 40.5 Å². The van der Waals surface area contributed by atoms with Gasteiger partial charge in [0.1, 0.15) is 5.60 Å². The predicted molar refractivity (Wildman–Crippen MR) is 238 cm³/mol. The van der Waals surface area contributed by atoms with E-state index in [4.69, 9.17) is 9.84 Å². The van der Waals surface area contributed by atoms with Crippen molar-refractivity contribution in [3.05, 3.63) is 0 Å². The molecule has 2 unspecified atom stereocenters. The third kappa shape index (κ3) is 8.49. The third-order valence-corrected chi connectivity index (χ3v) is 21.1. The Balaban J connectivity index is 0.000000188. The van der Waals surface area contributed by atoms with Gasteiger partial charge in [0.15, 0.2) is 0 Å². The van der Waals surface area contributed by atoms with Gasteiger partial charge in [-0.1, -0.05) is 41.5 Å². The second-order valence-corrected chi connectivity index (χ2v) is 25.1. The SMILES string of the molecule is C[C@H](CCC(=O)O)[C@H]1CCC2[C@@H]3[C@H](O)C[C@@H]4C[C@H](O)CC[C@]4(C)[C@H]3C[C@H](O)[C@@]21C.C[C@H](CCC(=O)OC(C)(C)C)[C@H]1CCC2[C@@H]3[C@H](O)C[C@@H]4C[C@H](O)CC[C@]4(C)[C@H]3C[C@H](O)[C@@]21C. The summed E-state index contributed by atoms with van der Waals surface area (Å²) >= 11 is 0. The number of ether oxygens (including phenoxy) is 1. The first kappa shape index (κ1) is 48.6. The molecule has 0 spiro atoms. The summed E-state index contributed by atoms with van der Waals surface area (Å²) < 4.78 is 5.52. The molecule has 0 aliphatic heterocycles. The molecular weight excluding hydrogens is 785 g/mol. The van der Waals surface area contributed by atoms with Crippen molar-refractivity contribution in [1.29, 1.82) is 0 Å². The highest BCUT2D eigenvalue weighted by Gasteiger charge is 2.67. The molecule has 356 valence electrons. The van der Waals surface area contributed by atoms with Crippen LogP contribution in [0.4, 0.5) is 0 Å². The molecule has 0 bridgehead atoms.